The molecule has 3 aromatic rings. The van der Waals surface area contributed by atoms with Crippen molar-refractivity contribution in [3.05, 3.63) is 48.2 Å². The average molecular weight is 412 g/mol. The number of carbonyl (C=O) groups excluding carboxylic acids is 1. The summed E-state index contributed by atoms with van der Waals surface area (Å²) in [6.45, 7) is 1.92. The summed E-state index contributed by atoms with van der Waals surface area (Å²) in [5.41, 5.74) is 0.667. The smallest absolute Gasteiger partial charge is 0.200 e. The summed E-state index contributed by atoms with van der Waals surface area (Å²) in [6.07, 6.45) is 7.51. The summed E-state index contributed by atoms with van der Waals surface area (Å²) in [5, 5.41) is 9.34. The van der Waals surface area contributed by atoms with Crippen LogP contribution in [0.15, 0.2) is 52.2 Å². The zero-order valence-electron chi connectivity index (χ0n) is 16.7. The molecule has 7 heteroatoms. The van der Waals surface area contributed by atoms with Gasteiger partial charge >= 0.3 is 0 Å². The molecule has 1 aliphatic carbocycles. The van der Waals surface area contributed by atoms with Crippen molar-refractivity contribution in [1.82, 2.24) is 14.8 Å². The number of Topliss-reactive ketones (excluding diaryl/α,β-unsaturated/α-hetero) is 1. The van der Waals surface area contributed by atoms with Crippen LogP contribution in [0, 0.1) is 0 Å². The maximum Gasteiger partial charge on any atom is 0.200 e. The number of nitrogens with zero attached hydrogens (tertiary/aromatic N) is 3. The first-order valence-corrected chi connectivity index (χ1v) is 10.9. The standard InChI is InChI=1S/C22H25N3O3S/c1-15(20(26)16-10-12-18(27-2)13-11-16)29-22-24-23-21(19-9-6-14-28-19)25(22)17-7-4-3-5-8-17/h6,9-15,17H,3-5,7-8H2,1-2H3/t15-/m0/s1. The number of furan rings is 1. The Hall–Kier alpha value is -2.54. The highest BCUT2D eigenvalue weighted by Crippen LogP contribution is 2.37. The van der Waals surface area contributed by atoms with E-state index in [1.165, 1.54) is 31.0 Å². The molecule has 1 atom stereocenters. The Bertz CT molecular complexity index is 944. The van der Waals surface area contributed by atoms with E-state index in [4.69, 9.17) is 9.15 Å². The molecule has 6 nitrogen and oxygen atoms in total. The molecule has 0 radical (unpaired) electrons. The highest BCUT2D eigenvalue weighted by molar-refractivity contribution is 8.00. The van der Waals surface area contributed by atoms with Gasteiger partial charge in [-0.25, -0.2) is 0 Å². The lowest BCUT2D eigenvalue weighted by Crippen LogP contribution is -2.18. The third kappa shape index (κ3) is 4.24. The number of ketones is 1. The Balaban J connectivity index is 1.59. The van der Waals surface area contributed by atoms with E-state index in [0.29, 0.717) is 17.4 Å². The number of rotatable bonds is 7. The number of hydrogen-bond acceptors (Lipinski definition) is 6. The monoisotopic (exact) mass is 411 g/mol. The van der Waals surface area contributed by atoms with E-state index in [1.54, 1.807) is 25.5 Å². The minimum absolute atomic E-state index is 0.0652. The molecule has 0 unspecified atom stereocenters. The molecule has 4 rings (SSSR count). The Morgan fingerprint density at radius 1 is 1.17 bits per heavy atom. The fourth-order valence-electron chi connectivity index (χ4n) is 3.80. The van der Waals surface area contributed by atoms with Gasteiger partial charge in [0.15, 0.2) is 16.7 Å². The maximum atomic E-state index is 12.9. The zero-order valence-corrected chi connectivity index (χ0v) is 17.5. The zero-order chi connectivity index (χ0) is 20.2. The van der Waals surface area contributed by atoms with E-state index >= 15 is 0 Å². The highest BCUT2D eigenvalue weighted by atomic mass is 32.2. The quantitative estimate of drug-likeness (QED) is 0.382. The fraction of sp³-hybridized carbons (Fsp3) is 0.409. The average Bonchev–Trinajstić information content (AvgIpc) is 3.43. The first kappa shape index (κ1) is 19.8. The van der Waals surface area contributed by atoms with Crippen LogP contribution in [0.2, 0.25) is 0 Å². The summed E-state index contributed by atoms with van der Waals surface area (Å²) in [6, 6.07) is 11.3. The van der Waals surface area contributed by atoms with Crippen LogP contribution in [0.3, 0.4) is 0 Å². The molecule has 1 aromatic carbocycles. The van der Waals surface area contributed by atoms with Gasteiger partial charge in [0.05, 0.1) is 18.6 Å². The maximum absolute atomic E-state index is 12.9. The molecule has 0 saturated heterocycles. The summed E-state index contributed by atoms with van der Waals surface area (Å²) in [4.78, 5) is 12.9. The third-order valence-corrected chi connectivity index (χ3v) is 6.43. The number of thioether (sulfide) groups is 1. The van der Waals surface area contributed by atoms with Crippen molar-refractivity contribution in [3.63, 3.8) is 0 Å². The van der Waals surface area contributed by atoms with Crippen LogP contribution >= 0.6 is 11.8 Å². The summed E-state index contributed by atoms with van der Waals surface area (Å²) < 4.78 is 13.0. The van der Waals surface area contributed by atoms with Gasteiger partial charge in [-0.2, -0.15) is 0 Å². The minimum Gasteiger partial charge on any atom is -0.497 e. The van der Waals surface area contributed by atoms with Gasteiger partial charge in [0.25, 0.3) is 0 Å². The van der Waals surface area contributed by atoms with Gasteiger partial charge < -0.3 is 9.15 Å². The van der Waals surface area contributed by atoms with Crippen molar-refractivity contribution in [2.75, 3.05) is 7.11 Å². The molecule has 0 bridgehead atoms. The van der Waals surface area contributed by atoms with Crippen molar-refractivity contribution in [1.29, 1.82) is 0 Å². The predicted octanol–water partition coefficient (Wildman–Crippen LogP) is 5.42. The molecule has 29 heavy (non-hydrogen) atoms. The number of benzene rings is 1. The van der Waals surface area contributed by atoms with E-state index in [2.05, 4.69) is 14.8 Å². The van der Waals surface area contributed by atoms with E-state index < -0.39 is 0 Å². The van der Waals surface area contributed by atoms with E-state index in [9.17, 15) is 4.79 Å². The first-order valence-electron chi connectivity index (χ1n) is 10.0. The number of carbonyl (C=O) groups is 1. The van der Waals surface area contributed by atoms with Crippen LogP contribution in [-0.4, -0.2) is 32.9 Å². The molecule has 2 heterocycles. The van der Waals surface area contributed by atoms with Gasteiger partial charge in [-0.05, 0) is 56.2 Å². The third-order valence-electron chi connectivity index (χ3n) is 5.37. The van der Waals surface area contributed by atoms with Crippen LogP contribution in [-0.2, 0) is 0 Å². The molecule has 1 aliphatic rings. The molecular weight excluding hydrogens is 386 g/mol. The van der Waals surface area contributed by atoms with Crippen molar-refractivity contribution in [2.45, 2.75) is 55.5 Å². The summed E-state index contributed by atoms with van der Waals surface area (Å²) in [5.74, 6) is 2.26. The van der Waals surface area contributed by atoms with Crippen LogP contribution < -0.4 is 4.74 Å². The Morgan fingerprint density at radius 2 is 1.93 bits per heavy atom. The fourth-order valence-corrected chi connectivity index (χ4v) is 4.80. The second-order valence-corrected chi connectivity index (χ2v) is 8.61. The van der Waals surface area contributed by atoms with Crippen molar-refractivity contribution in [3.8, 4) is 17.3 Å². The lowest BCUT2D eigenvalue weighted by atomic mass is 9.95. The molecular formula is C22H25N3O3S. The Morgan fingerprint density at radius 3 is 2.59 bits per heavy atom. The van der Waals surface area contributed by atoms with Crippen LogP contribution in [0.5, 0.6) is 5.75 Å². The SMILES string of the molecule is COc1ccc(C(=O)[C@H](C)Sc2nnc(-c3ccco3)n2C2CCCCC2)cc1. The lowest BCUT2D eigenvalue weighted by molar-refractivity contribution is 0.0993. The van der Waals surface area contributed by atoms with Crippen molar-refractivity contribution < 1.29 is 13.9 Å². The van der Waals surface area contributed by atoms with Gasteiger partial charge in [0.2, 0.25) is 5.82 Å². The number of ether oxygens (including phenoxy) is 1. The first-order chi connectivity index (χ1) is 14.2. The van der Waals surface area contributed by atoms with E-state index in [1.807, 2.05) is 31.2 Å². The molecule has 1 fully saturated rings. The number of aromatic nitrogens is 3. The van der Waals surface area contributed by atoms with Gasteiger partial charge in [-0.1, -0.05) is 31.0 Å². The largest absolute Gasteiger partial charge is 0.497 e. The highest BCUT2D eigenvalue weighted by Gasteiger charge is 2.27. The van der Waals surface area contributed by atoms with E-state index in [0.717, 1.165) is 29.6 Å². The Labute approximate surface area is 174 Å². The molecule has 1 saturated carbocycles. The summed E-state index contributed by atoms with van der Waals surface area (Å²) in [7, 11) is 1.62. The number of methoxy groups -OCH3 is 1. The minimum atomic E-state index is -0.278. The molecule has 0 N–H and O–H groups in total. The Kier molecular flexibility index (Phi) is 6.04. The second kappa shape index (κ2) is 8.86. The van der Waals surface area contributed by atoms with Crippen LogP contribution in [0.1, 0.15) is 55.4 Å². The van der Waals surface area contributed by atoms with Crippen molar-refractivity contribution >= 4 is 17.5 Å². The second-order valence-electron chi connectivity index (χ2n) is 7.30. The van der Waals surface area contributed by atoms with Crippen LogP contribution in [0.25, 0.3) is 11.6 Å². The lowest BCUT2D eigenvalue weighted by Gasteiger charge is -2.25. The van der Waals surface area contributed by atoms with Crippen LogP contribution in [0.4, 0.5) is 0 Å². The van der Waals surface area contributed by atoms with Gasteiger partial charge in [0.1, 0.15) is 5.75 Å². The summed E-state index contributed by atoms with van der Waals surface area (Å²) >= 11 is 1.46. The molecule has 0 aliphatic heterocycles. The number of hydrogen-bond donors (Lipinski definition) is 0. The van der Waals surface area contributed by atoms with Gasteiger partial charge in [-0.3, -0.25) is 9.36 Å². The van der Waals surface area contributed by atoms with Gasteiger partial charge in [-0.15, -0.1) is 10.2 Å². The van der Waals surface area contributed by atoms with Gasteiger partial charge in [0, 0.05) is 11.6 Å². The molecule has 152 valence electrons. The normalized spacial score (nSPS) is 15.9. The molecule has 0 spiro atoms. The van der Waals surface area contributed by atoms with E-state index in [-0.39, 0.29) is 11.0 Å². The van der Waals surface area contributed by atoms with Crippen molar-refractivity contribution in [2.24, 2.45) is 0 Å². The molecule has 2 aromatic heterocycles. The molecule has 0 amide bonds. The topological polar surface area (TPSA) is 70.2 Å². The predicted molar refractivity (Wildman–Crippen MR) is 112 cm³/mol.